The fraction of sp³-hybridized carbons (Fsp3) is 0.214. The fourth-order valence-corrected chi connectivity index (χ4v) is 2.12. The summed E-state index contributed by atoms with van der Waals surface area (Å²) in [7, 11) is 0. The second-order valence-corrected chi connectivity index (χ2v) is 4.79. The predicted octanol–water partition coefficient (Wildman–Crippen LogP) is 2.88. The lowest BCUT2D eigenvalue weighted by molar-refractivity contribution is 0.506. The lowest BCUT2D eigenvalue weighted by atomic mass is 10.1. The van der Waals surface area contributed by atoms with E-state index in [1.807, 2.05) is 19.9 Å². The number of hydrogen-bond acceptors (Lipinski definition) is 4. The summed E-state index contributed by atoms with van der Waals surface area (Å²) in [5.41, 5.74) is 1.42. The molecule has 0 aliphatic heterocycles. The Balaban J connectivity index is 1.94. The van der Waals surface area contributed by atoms with E-state index < -0.39 is 11.6 Å². The molecule has 5 nitrogen and oxygen atoms in total. The minimum absolute atomic E-state index is 0.228. The number of rotatable bonds is 3. The van der Waals surface area contributed by atoms with Crippen molar-refractivity contribution < 1.29 is 8.78 Å². The maximum atomic E-state index is 13.3. The molecule has 0 aliphatic carbocycles. The van der Waals surface area contributed by atoms with Crippen molar-refractivity contribution in [2.75, 3.05) is 5.32 Å². The van der Waals surface area contributed by atoms with Gasteiger partial charge in [0.15, 0.2) is 11.6 Å². The first-order chi connectivity index (χ1) is 10.0. The highest BCUT2D eigenvalue weighted by Gasteiger charge is 2.12. The van der Waals surface area contributed by atoms with Gasteiger partial charge in [-0.15, -0.1) is 0 Å². The van der Waals surface area contributed by atoms with Crippen LogP contribution in [-0.4, -0.2) is 19.6 Å². The lowest BCUT2D eigenvalue weighted by Gasteiger charge is -2.16. The Morgan fingerprint density at radius 2 is 2.00 bits per heavy atom. The third kappa shape index (κ3) is 2.54. The van der Waals surface area contributed by atoms with E-state index in [2.05, 4.69) is 20.4 Å². The molecule has 0 spiro atoms. The van der Waals surface area contributed by atoms with Gasteiger partial charge >= 0.3 is 0 Å². The normalized spacial score (nSPS) is 12.6. The third-order valence-corrected chi connectivity index (χ3v) is 3.19. The van der Waals surface area contributed by atoms with Crippen LogP contribution in [0.3, 0.4) is 0 Å². The van der Waals surface area contributed by atoms with Gasteiger partial charge in [0.05, 0.1) is 6.04 Å². The molecular weight excluding hydrogens is 276 g/mol. The van der Waals surface area contributed by atoms with Crippen LogP contribution < -0.4 is 5.32 Å². The zero-order valence-corrected chi connectivity index (χ0v) is 11.5. The largest absolute Gasteiger partial charge is 0.363 e. The summed E-state index contributed by atoms with van der Waals surface area (Å²) in [6.45, 7) is 3.70. The molecule has 0 saturated carbocycles. The molecule has 1 N–H and O–H groups in total. The first-order valence-corrected chi connectivity index (χ1v) is 6.43. The smallest absolute Gasteiger partial charge is 0.254 e. The van der Waals surface area contributed by atoms with Gasteiger partial charge in [0.2, 0.25) is 0 Å². The van der Waals surface area contributed by atoms with Crippen LogP contribution in [-0.2, 0) is 0 Å². The van der Waals surface area contributed by atoms with Gasteiger partial charge in [0.1, 0.15) is 12.1 Å². The maximum absolute atomic E-state index is 13.3. The molecule has 1 atom stereocenters. The fourth-order valence-electron chi connectivity index (χ4n) is 2.12. The van der Waals surface area contributed by atoms with Crippen LogP contribution >= 0.6 is 0 Å². The Bertz CT molecular complexity index is 799. The Hall–Kier alpha value is -2.57. The molecule has 21 heavy (non-hydrogen) atoms. The summed E-state index contributed by atoms with van der Waals surface area (Å²) in [5, 5.41) is 7.29. The SMILES string of the molecule is Cc1cc(N[C@@H](C)c2ccc(F)c(F)c2)n2ncnc2n1. The number of nitrogens with zero attached hydrogens (tertiary/aromatic N) is 4. The summed E-state index contributed by atoms with van der Waals surface area (Å²) in [6.07, 6.45) is 1.41. The van der Waals surface area contributed by atoms with Crippen LogP contribution in [0.2, 0.25) is 0 Å². The number of halogens is 2. The molecule has 0 aliphatic rings. The van der Waals surface area contributed by atoms with Crippen molar-refractivity contribution in [2.45, 2.75) is 19.9 Å². The molecule has 0 bridgehead atoms. The van der Waals surface area contributed by atoms with E-state index in [1.165, 1.54) is 12.4 Å². The number of aromatic nitrogens is 4. The Morgan fingerprint density at radius 3 is 2.76 bits per heavy atom. The van der Waals surface area contributed by atoms with E-state index >= 15 is 0 Å². The van der Waals surface area contributed by atoms with Crippen molar-refractivity contribution in [3.63, 3.8) is 0 Å². The number of aryl methyl sites for hydroxylation is 1. The highest BCUT2D eigenvalue weighted by Crippen LogP contribution is 2.21. The first-order valence-electron chi connectivity index (χ1n) is 6.43. The summed E-state index contributed by atoms with van der Waals surface area (Å²) in [6, 6.07) is 5.43. The number of nitrogens with one attached hydrogen (secondary N) is 1. The lowest BCUT2D eigenvalue weighted by Crippen LogP contribution is -2.11. The molecule has 108 valence electrons. The Kier molecular flexibility index (Phi) is 3.25. The molecule has 3 aromatic rings. The van der Waals surface area contributed by atoms with Crippen LogP contribution in [0.4, 0.5) is 14.6 Å². The van der Waals surface area contributed by atoms with Gasteiger partial charge in [0.25, 0.3) is 5.78 Å². The average molecular weight is 289 g/mol. The zero-order valence-electron chi connectivity index (χ0n) is 11.5. The van der Waals surface area contributed by atoms with Gasteiger partial charge in [-0.1, -0.05) is 6.07 Å². The molecule has 2 heterocycles. The van der Waals surface area contributed by atoms with Crippen molar-refractivity contribution >= 4 is 11.6 Å². The van der Waals surface area contributed by atoms with Gasteiger partial charge in [-0.05, 0) is 31.5 Å². The van der Waals surface area contributed by atoms with Crippen molar-refractivity contribution in [3.05, 3.63) is 53.5 Å². The molecule has 0 saturated heterocycles. The molecular formula is C14H13F2N5. The minimum Gasteiger partial charge on any atom is -0.363 e. The third-order valence-electron chi connectivity index (χ3n) is 3.19. The van der Waals surface area contributed by atoms with Gasteiger partial charge in [0, 0.05) is 11.8 Å². The van der Waals surface area contributed by atoms with Gasteiger partial charge in [-0.3, -0.25) is 0 Å². The molecule has 2 aromatic heterocycles. The highest BCUT2D eigenvalue weighted by molar-refractivity contribution is 5.46. The van der Waals surface area contributed by atoms with E-state index in [0.29, 0.717) is 17.2 Å². The summed E-state index contributed by atoms with van der Waals surface area (Å²) < 4.78 is 27.8. The van der Waals surface area contributed by atoms with E-state index in [4.69, 9.17) is 0 Å². The molecule has 0 unspecified atom stereocenters. The van der Waals surface area contributed by atoms with Gasteiger partial charge in [-0.25, -0.2) is 13.8 Å². The van der Waals surface area contributed by atoms with Crippen LogP contribution in [0.5, 0.6) is 0 Å². The summed E-state index contributed by atoms with van der Waals surface area (Å²) in [4.78, 5) is 8.28. The van der Waals surface area contributed by atoms with Crippen molar-refractivity contribution in [1.82, 2.24) is 19.6 Å². The number of anilines is 1. The van der Waals surface area contributed by atoms with Crippen LogP contribution in [0.15, 0.2) is 30.6 Å². The zero-order chi connectivity index (χ0) is 15.0. The molecule has 0 radical (unpaired) electrons. The Morgan fingerprint density at radius 1 is 1.19 bits per heavy atom. The van der Waals surface area contributed by atoms with Gasteiger partial charge < -0.3 is 5.32 Å². The van der Waals surface area contributed by atoms with E-state index in [9.17, 15) is 8.78 Å². The van der Waals surface area contributed by atoms with Crippen molar-refractivity contribution in [2.24, 2.45) is 0 Å². The molecule has 3 rings (SSSR count). The van der Waals surface area contributed by atoms with Crippen LogP contribution in [0.1, 0.15) is 24.2 Å². The average Bonchev–Trinajstić information content (AvgIpc) is 2.90. The quantitative estimate of drug-likeness (QED) is 0.805. The Labute approximate surface area is 119 Å². The summed E-state index contributed by atoms with van der Waals surface area (Å²) >= 11 is 0. The summed E-state index contributed by atoms with van der Waals surface area (Å²) in [5.74, 6) is -0.551. The molecule has 0 fully saturated rings. The van der Waals surface area contributed by atoms with Crippen LogP contribution in [0, 0.1) is 18.6 Å². The van der Waals surface area contributed by atoms with E-state index in [0.717, 1.165) is 11.8 Å². The van der Waals surface area contributed by atoms with E-state index in [-0.39, 0.29) is 6.04 Å². The van der Waals surface area contributed by atoms with E-state index in [1.54, 1.807) is 10.6 Å². The topological polar surface area (TPSA) is 55.1 Å². The number of hydrogen-bond donors (Lipinski definition) is 1. The second kappa shape index (κ2) is 5.08. The molecule has 1 aromatic carbocycles. The minimum atomic E-state index is -0.863. The highest BCUT2D eigenvalue weighted by atomic mass is 19.2. The molecule has 0 amide bonds. The maximum Gasteiger partial charge on any atom is 0.254 e. The number of fused-ring (bicyclic) bond motifs is 1. The molecule has 7 heteroatoms. The standard InChI is InChI=1S/C14H13F2N5/c1-8-5-13(21-14(19-8)17-7-18-21)20-9(2)10-3-4-11(15)12(16)6-10/h3-7,9,20H,1-2H3/t9-/m0/s1. The van der Waals surface area contributed by atoms with Crippen LogP contribution in [0.25, 0.3) is 5.78 Å². The monoisotopic (exact) mass is 289 g/mol. The second-order valence-electron chi connectivity index (χ2n) is 4.79. The first kappa shape index (κ1) is 13.4. The van der Waals surface area contributed by atoms with Crippen molar-refractivity contribution in [1.29, 1.82) is 0 Å². The number of benzene rings is 1. The predicted molar refractivity (Wildman–Crippen MR) is 73.9 cm³/mol. The van der Waals surface area contributed by atoms with Gasteiger partial charge in [-0.2, -0.15) is 14.6 Å². The van der Waals surface area contributed by atoms with Crippen molar-refractivity contribution in [3.8, 4) is 0 Å².